The van der Waals surface area contributed by atoms with Crippen LogP contribution < -0.4 is 5.01 Å². The zero-order valence-electron chi connectivity index (χ0n) is 12.0. The monoisotopic (exact) mass is 312 g/mol. The Kier molecular flexibility index (Phi) is 3.68. The first-order chi connectivity index (χ1) is 10.4. The van der Waals surface area contributed by atoms with Crippen LogP contribution in [0.5, 0.6) is 0 Å². The Morgan fingerprint density at radius 3 is 2.82 bits per heavy atom. The van der Waals surface area contributed by atoms with E-state index in [1.165, 1.54) is 19.1 Å². The second-order valence-corrected chi connectivity index (χ2v) is 5.44. The lowest BCUT2D eigenvalue weighted by Crippen LogP contribution is -2.28. The van der Waals surface area contributed by atoms with Crippen molar-refractivity contribution in [3.8, 4) is 0 Å². The second kappa shape index (κ2) is 5.39. The van der Waals surface area contributed by atoms with Crippen LogP contribution in [0.15, 0.2) is 23.3 Å². The van der Waals surface area contributed by atoms with Gasteiger partial charge in [0.25, 0.3) is 5.91 Å². The molecule has 2 aliphatic heterocycles. The molecule has 0 spiro atoms. The second-order valence-electron chi connectivity index (χ2n) is 5.44. The number of hydrogen-bond acceptors (Lipinski definition) is 3. The predicted octanol–water partition coefficient (Wildman–Crippen LogP) is 3.14. The first-order valence-electron chi connectivity index (χ1n) is 7.05. The predicted molar refractivity (Wildman–Crippen MR) is 74.6 cm³/mol. The Bertz CT molecular complexity index is 640. The van der Waals surface area contributed by atoms with Gasteiger partial charge < -0.3 is 4.74 Å². The van der Waals surface area contributed by atoms with Crippen LogP contribution in [0.25, 0.3) is 0 Å². The molecule has 0 N–H and O–H groups in total. The Labute approximate surface area is 125 Å². The van der Waals surface area contributed by atoms with E-state index in [2.05, 4.69) is 5.10 Å². The van der Waals surface area contributed by atoms with E-state index in [0.717, 1.165) is 11.1 Å². The zero-order valence-corrected chi connectivity index (χ0v) is 12.0. The maximum atomic E-state index is 13.0. The molecule has 1 unspecified atom stereocenters. The number of anilines is 1. The number of ether oxygens (including phenoxy) is 1. The molecule has 2 aliphatic rings. The molecule has 1 atom stereocenters. The van der Waals surface area contributed by atoms with Crippen LogP contribution in [0, 0.1) is 12.8 Å². The molecule has 0 radical (unpaired) electrons. The van der Waals surface area contributed by atoms with E-state index in [9.17, 15) is 18.0 Å². The molecule has 22 heavy (non-hydrogen) atoms. The number of fused-ring (bicyclic) bond motifs is 1. The average Bonchev–Trinajstić information content (AvgIpc) is 2.63. The van der Waals surface area contributed by atoms with Crippen molar-refractivity contribution in [2.75, 3.05) is 18.2 Å². The summed E-state index contributed by atoms with van der Waals surface area (Å²) < 4.78 is 44.3. The Hall–Kier alpha value is -1.89. The number of aryl methyl sites for hydroxylation is 1. The van der Waals surface area contributed by atoms with Gasteiger partial charge in [-0.1, -0.05) is 6.07 Å². The third-order valence-electron chi connectivity index (χ3n) is 3.96. The number of nitrogens with zero attached hydrogens (tertiary/aromatic N) is 2. The normalized spacial score (nSPS) is 22.4. The number of halogens is 3. The van der Waals surface area contributed by atoms with E-state index in [1.54, 1.807) is 0 Å². The van der Waals surface area contributed by atoms with E-state index in [0.29, 0.717) is 31.8 Å². The maximum Gasteiger partial charge on any atom is 0.416 e. The number of hydrazone groups is 1. The fourth-order valence-electron chi connectivity index (χ4n) is 2.76. The van der Waals surface area contributed by atoms with Crippen molar-refractivity contribution < 1.29 is 22.7 Å². The summed E-state index contributed by atoms with van der Waals surface area (Å²) in [7, 11) is 0. The first kappa shape index (κ1) is 15.0. The van der Waals surface area contributed by atoms with Crippen LogP contribution in [0.2, 0.25) is 0 Å². The minimum absolute atomic E-state index is 0.123. The van der Waals surface area contributed by atoms with Crippen LogP contribution in [0.4, 0.5) is 18.9 Å². The quantitative estimate of drug-likeness (QED) is 0.799. The number of amides is 1. The molecule has 1 fully saturated rings. The molecule has 4 nitrogen and oxygen atoms in total. The van der Waals surface area contributed by atoms with Crippen molar-refractivity contribution in [2.45, 2.75) is 25.9 Å². The summed E-state index contributed by atoms with van der Waals surface area (Å²) in [5.41, 5.74) is 0.229. The minimum Gasteiger partial charge on any atom is -0.381 e. The lowest BCUT2D eigenvalue weighted by Gasteiger charge is -2.17. The number of rotatable bonds is 1. The molecule has 3 rings (SSSR count). The molecule has 1 aromatic carbocycles. The number of alkyl halides is 3. The molecular weight excluding hydrogens is 297 g/mol. The van der Waals surface area contributed by atoms with Gasteiger partial charge in [0.15, 0.2) is 0 Å². The van der Waals surface area contributed by atoms with Crippen molar-refractivity contribution in [1.82, 2.24) is 0 Å². The molecule has 1 aromatic rings. The fourth-order valence-corrected chi connectivity index (χ4v) is 2.76. The number of carbonyl (C=O) groups excluding carboxylic acids is 1. The van der Waals surface area contributed by atoms with Gasteiger partial charge in [0, 0.05) is 13.0 Å². The summed E-state index contributed by atoms with van der Waals surface area (Å²) in [6.45, 7) is 2.34. The highest BCUT2D eigenvalue weighted by atomic mass is 19.4. The first-order valence-corrected chi connectivity index (χ1v) is 7.05. The standard InChI is InChI=1S/C15H15F3N2O2/c1-9-2-3-10(8-12(9)15(16,17)18)20-14(21)11-4-6-22-7-5-13(11)19-20/h2-3,8,11H,4-7H2,1H3. The molecule has 0 saturated carbocycles. The largest absolute Gasteiger partial charge is 0.416 e. The SMILES string of the molecule is Cc1ccc(N2N=C3CCOCCC3C2=O)cc1C(F)(F)F. The molecule has 0 bridgehead atoms. The minimum atomic E-state index is -4.45. The van der Waals surface area contributed by atoms with Crippen molar-refractivity contribution in [1.29, 1.82) is 0 Å². The highest BCUT2D eigenvalue weighted by Crippen LogP contribution is 2.36. The van der Waals surface area contributed by atoms with Gasteiger partial charge in [0.2, 0.25) is 0 Å². The number of benzene rings is 1. The smallest absolute Gasteiger partial charge is 0.381 e. The topological polar surface area (TPSA) is 41.9 Å². The molecule has 0 aliphatic carbocycles. The summed E-state index contributed by atoms with van der Waals surface area (Å²) >= 11 is 0. The van der Waals surface area contributed by atoms with Crippen molar-refractivity contribution >= 4 is 17.3 Å². The Morgan fingerprint density at radius 1 is 1.32 bits per heavy atom. The highest BCUT2D eigenvalue weighted by Gasteiger charge is 2.38. The molecule has 7 heteroatoms. The van der Waals surface area contributed by atoms with E-state index >= 15 is 0 Å². The average molecular weight is 312 g/mol. The molecular formula is C15H15F3N2O2. The Balaban J connectivity index is 1.97. The van der Waals surface area contributed by atoms with Gasteiger partial charge in [-0.15, -0.1) is 0 Å². The van der Waals surface area contributed by atoms with Gasteiger partial charge in [-0.05, 0) is 31.0 Å². The van der Waals surface area contributed by atoms with Gasteiger partial charge in [-0.3, -0.25) is 4.79 Å². The number of hydrogen-bond donors (Lipinski definition) is 0. The summed E-state index contributed by atoms with van der Waals surface area (Å²) in [4.78, 5) is 12.4. The zero-order chi connectivity index (χ0) is 15.9. The van der Waals surface area contributed by atoms with Crippen molar-refractivity contribution in [3.05, 3.63) is 29.3 Å². The van der Waals surface area contributed by atoms with Crippen molar-refractivity contribution in [2.24, 2.45) is 11.0 Å². The van der Waals surface area contributed by atoms with Gasteiger partial charge >= 0.3 is 6.18 Å². The third-order valence-corrected chi connectivity index (χ3v) is 3.96. The number of carbonyl (C=O) groups is 1. The summed E-state index contributed by atoms with van der Waals surface area (Å²) in [6, 6.07) is 3.84. The third kappa shape index (κ3) is 2.61. The van der Waals surface area contributed by atoms with Crippen LogP contribution >= 0.6 is 0 Å². The van der Waals surface area contributed by atoms with E-state index in [1.807, 2.05) is 0 Å². The fraction of sp³-hybridized carbons (Fsp3) is 0.467. The molecule has 118 valence electrons. The summed E-state index contributed by atoms with van der Waals surface area (Å²) in [5.74, 6) is -0.657. The van der Waals surface area contributed by atoms with Crippen LogP contribution in [0.3, 0.4) is 0 Å². The lowest BCUT2D eigenvalue weighted by atomic mass is 9.98. The van der Waals surface area contributed by atoms with E-state index in [4.69, 9.17) is 4.74 Å². The highest BCUT2D eigenvalue weighted by molar-refractivity contribution is 6.15. The van der Waals surface area contributed by atoms with Crippen LogP contribution in [0.1, 0.15) is 24.0 Å². The van der Waals surface area contributed by atoms with Gasteiger partial charge in [0.05, 0.1) is 29.5 Å². The van der Waals surface area contributed by atoms with Crippen LogP contribution in [-0.2, 0) is 15.7 Å². The summed E-state index contributed by atoms with van der Waals surface area (Å²) in [6.07, 6.45) is -3.40. The summed E-state index contributed by atoms with van der Waals surface area (Å²) in [5, 5.41) is 5.32. The van der Waals surface area contributed by atoms with E-state index < -0.39 is 11.7 Å². The molecule has 0 aromatic heterocycles. The Morgan fingerprint density at radius 2 is 2.09 bits per heavy atom. The molecule has 1 amide bonds. The maximum absolute atomic E-state index is 13.0. The van der Waals surface area contributed by atoms with Gasteiger partial charge in [0.1, 0.15) is 0 Å². The lowest BCUT2D eigenvalue weighted by molar-refractivity contribution is -0.138. The van der Waals surface area contributed by atoms with Crippen molar-refractivity contribution in [3.63, 3.8) is 0 Å². The van der Waals surface area contributed by atoms with Gasteiger partial charge in [-0.2, -0.15) is 18.3 Å². The molecule has 1 saturated heterocycles. The van der Waals surface area contributed by atoms with E-state index in [-0.39, 0.29) is 23.1 Å². The van der Waals surface area contributed by atoms with Gasteiger partial charge in [-0.25, -0.2) is 5.01 Å². The van der Waals surface area contributed by atoms with Crippen LogP contribution in [-0.4, -0.2) is 24.8 Å². The molecule has 2 heterocycles.